The molecule has 104 valence electrons. The van der Waals surface area contributed by atoms with E-state index in [1.807, 2.05) is 12.1 Å². The minimum absolute atomic E-state index is 0.287. The number of Topliss-reactive ketones (excluding diaryl/α,β-unsaturated/α-hetero) is 1. The Bertz CT molecular complexity index is 390. The standard InChI is InChI=1S/C17H25NO/c1-2-5-14-7-9-15(10-8-14)17(19)12-11-16-6-3-4-13-18-16/h7-10,16,18H,2-6,11-13H2,1H3. The highest BCUT2D eigenvalue weighted by Crippen LogP contribution is 2.15. The van der Waals surface area contributed by atoms with Crippen molar-refractivity contribution in [3.05, 3.63) is 35.4 Å². The Morgan fingerprint density at radius 1 is 1.26 bits per heavy atom. The summed E-state index contributed by atoms with van der Waals surface area (Å²) in [5.41, 5.74) is 2.20. The predicted molar refractivity (Wildman–Crippen MR) is 79.6 cm³/mol. The van der Waals surface area contributed by atoms with Gasteiger partial charge < -0.3 is 5.32 Å². The molecule has 0 amide bonds. The summed E-state index contributed by atoms with van der Waals surface area (Å²) in [6.45, 7) is 3.29. The van der Waals surface area contributed by atoms with Gasteiger partial charge in [-0.25, -0.2) is 0 Å². The summed E-state index contributed by atoms with van der Waals surface area (Å²) in [7, 11) is 0. The van der Waals surface area contributed by atoms with Crippen LogP contribution in [0.1, 0.15) is 61.4 Å². The summed E-state index contributed by atoms with van der Waals surface area (Å²) >= 11 is 0. The summed E-state index contributed by atoms with van der Waals surface area (Å²) in [6.07, 6.45) is 7.71. The molecule has 0 saturated carbocycles. The number of rotatable bonds is 6. The van der Waals surface area contributed by atoms with E-state index in [2.05, 4.69) is 24.4 Å². The molecule has 1 unspecified atom stereocenters. The van der Waals surface area contributed by atoms with E-state index in [1.54, 1.807) is 0 Å². The lowest BCUT2D eigenvalue weighted by molar-refractivity contribution is 0.0974. The number of carbonyl (C=O) groups excluding carboxylic acids is 1. The van der Waals surface area contributed by atoms with Gasteiger partial charge in [-0.1, -0.05) is 44.0 Å². The van der Waals surface area contributed by atoms with Crippen LogP contribution in [0, 0.1) is 0 Å². The molecule has 0 aromatic heterocycles. The molecular formula is C17H25NO. The van der Waals surface area contributed by atoms with Crippen LogP contribution in [0.25, 0.3) is 0 Å². The second-order valence-electron chi connectivity index (χ2n) is 5.56. The molecule has 1 aromatic carbocycles. The number of ketones is 1. The quantitative estimate of drug-likeness (QED) is 0.788. The molecule has 1 aromatic rings. The molecule has 1 heterocycles. The van der Waals surface area contributed by atoms with Crippen molar-refractivity contribution >= 4 is 5.78 Å². The summed E-state index contributed by atoms with van der Waals surface area (Å²) in [6, 6.07) is 8.71. The first-order valence-electron chi connectivity index (χ1n) is 7.65. The average molecular weight is 259 g/mol. The van der Waals surface area contributed by atoms with Crippen molar-refractivity contribution in [2.45, 2.75) is 57.9 Å². The molecule has 1 N–H and O–H groups in total. The Labute approximate surface area is 116 Å². The Kier molecular flexibility index (Phi) is 5.59. The highest BCUT2D eigenvalue weighted by atomic mass is 16.1. The van der Waals surface area contributed by atoms with Gasteiger partial charge in [0.2, 0.25) is 0 Å². The lowest BCUT2D eigenvalue weighted by Crippen LogP contribution is -2.34. The van der Waals surface area contributed by atoms with E-state index >= 15 is 0 Å². The molecule has 1 aliphatic heterocycles. The highest BCUT2D eigenvalue weighted by Gasteiger charge is 2.14. The van der Waals surface area contributed by atoms with E-state index in [-0.39, 0.29) is 5.78 Å². The van der Waals surface area contributed by atoms with Gasteiger partial charge >= 0.3 is 0 Å². The second-order valence-corrected chi connectivity index (χ2v) is 5.56. The van der Waals surface area contributed by atoms with Crippen molar-refractivity contribution in [1.29, 1.82) is 0 Å². The first kappa shape index (κ1) is 14.3. The van der Waals surface area contributed by atoms with Crippen LogP contribution in [0.5, 0.6) is 0 Å². The Hall–Kier alpha value is -1.15. The molecule has 1 atom stereocenters. The van der Waals surface area contributed by atoms with Crippen molar-refractivity contribution in [2.24, 2.45) is 0 Å². The molecule has 1 fully saturated rings. The summed E-state index contributed by atoms with van der Waals surface area (Å²) in [4.78, 5) is 12.1. The smallest absolute Gasteiger partial charge is 0.162 e. The number of aryl methyl sites for hydroxylation is 1. The lowest BCUT2D eigenvalue weighted by Gasteiger charge is -2.22. The van der Waals surface area contributed by atoms with Gasteiger partial charge in [0.1, 0.15) is 0 Å². The summed E-state index contributed by atoms with van der Waals surface area (Å²) < 4.78 is 0. The van der Waals surface area contributed by atoms with E-state index in [4.69, 9.17) is 0 Å². The molecule has 2 nitrogen and oxygen atoms in total. The zero-order chi connectivity index (χ0) is 13.5. The number of nitrogens with one attached hydrogen (secondary N) is 1. The van der Waals surface area contributed by atoms with Gasteiger partial charge in [-0.15, -0.1) is 0 Å². The summed E-state index contributed by atoms with van der Waals surface area (Å²) in [5.74, 6) is 0.287. The van der Waals surface area contributed by atoms with Crippen LogP contribution in [-0.4, -0.2) is 18.4 Å². The molecule has 0 radical (unpaired) electrons. The number of piperidine rings is 1. The molecule has 19 heavy (non-hydrogen) atoms. The maximum atomic E-state index is 12.1. The fourth-order valence-electron chi connectivity index (χ4n) is 2.77. The van der Waals surface area contributed by atoms with Crippen molar-refractivity contribution in [2.75, 3.05) is 6.54 Å². The van der Waals surface area contributed by atoms with Crippen LogP contribution in [0.4, 0.5) is 0 Å². The van der Waals surface area contributed by atoms with E-state index in [0.29, 0.717) is 12.5 Å². The Morgan fingerprint density at radius 3 is 2.68 bits per heavy atom. The van der Waals surface area contributed by atoms with Crippen LogP contribution < -0.4 is 5.32 Å². The first-order valence-corrected chi connectivity index (χ1v) is 7.65. The summed E-state index contributed by atoms with van der Waals surface area (Å²) in [5, 5.41) is 3.50. The lowest BCUT2D eigenvalue weighted by atomic mass is 9.97. The number of carbonyl (C=O) groups is 1. The second kappa shape index (κ2) is 7.44. The van der Waals surface area contributed by atoms with Crippen LogP contribution in [0.3, 0.4) is 0 Å². The van der Waals surface area contributed by atoms with Crippen molar-refractivity contribution < 1.29 is 4.79 Å². The SMILES string of the molecule is CCCc1ccc(C(=O)CCC2CCCCN2)cc1. The van der Waals surface area contributed by atoms with E-state index in [1.165, 1.54) is 24.8 Å². The van der Waals surface area contributed by atoms with Gasteiger partial charge in [0.25, 0.3) is 0 Å². The minimum Gasteiger partial charge on any atom is -0.314 e. The Balaban J connectivity index is 1.81. The molecule has 1 aliphatic rings. The molecule has 2 rings (SSSR count). The maximum Gasteiger partial charge on any atom is 0.162 e. The Morgan fingerprint density at radius 2 is 2.05 bits per heavy atom. The molecular weight excluding hydrogens is 234 g/mol. The fraction of sp³-hybridized carbons (Fsp3) is 0.588. The van der Waals surface area contributed by atoms with Crippen molar-refractivity contribution in [1.82, 2.24) is 5.32 Å². The van der Waals surface area contributed by atoms with E-state index in [0.717, 1.165) is 31.4 Å². The van der Waals surface area contributed by atoms with Crippen LogP contribution in [0.15, 0.2) is 24.3 Å². The van der Waals surface area contributed by atoms with Crippen LogP contribution in [0.2, 0.25) is 0 Å². The monoisotopic (exact) mass is 259 g/mol. The zero-order valence-electron chi connectivity index (χ0n) is 12.0. The van der Waals surface area contributed by atoms with Gasteiger partial charge in [-0.3, -0.25) is 4.79 Å². The van der Waals surface area contributed by atoms with Crippen LogP contribution >= 0.6 is 0 Å². The minimum atomic E-state index is 0.287. The number of benzene rings is 1. The topological polar surface area (TPSA) is 29.1 Å². The van der Waals surface area contributed by atoms with Gasteiger partial charge in [-0.05, 0) is 37.8 Å². The molecule has 0 spiro atoms. The average Bonchev–Trinajstić information content (AvgIpc) is 2.47. The third-order valence-corrected chi connectivity index (χ3v) is 3.95. The van der Waals surface area contributed by atoms with Gasteiger partial charge in [-0.2, -0.15) is 0 Å². The van der Waals surface area contributed by atoms with Gasteiger partial charge in [0.05, 0.1) is 0 Å². The fourth-order valence-corrected chi connectivity index (χ4v) is 2.77. The number of hydrogen-bond donors (Lipinski definition) is 1. The zero-order valence-corrected chi connectivity index (χ0v) is 12.0. The highest BCUT2D eigenvalue weighted by molar-refractivity contribution is 5.96. The van der Waals surface area contributed by atoms with Crippen LogP contribution in [-0.2, 0) is 6.42 Å². The maximum absolute atomic E-state index is 12.1. The molecule has 1 saturated heterocycles. The normalized spacial score (nSPS) is 19.3. The van der Waals surface area contributed by atoms with E-state index < -0.39 is 0 Å². The predicted octanol–water partition coefficient (Wildman–Crippen LogP) is 3.74. The number of hydrogen-bond acceptors (Lipinski definition) is 2. The van der Waals surface area contributed by atoms with Gasteiger partial charge in [0.15, 0.2) is 5.78 Å². The van der Waals surface area contributed by atoms with Gasteiger partial charge in [0, 0.05) is 18.0 Å². The molecule has 2 heteroatoms. The van der Waals surface area contributed by atoms with E-state index in [9.17, 15) is 4.79 Å². The third-order valence-electron chi connectivity index (χ3n) is 3.95. The molecule has 0 bridgehead atoms. The van der Waals surface area contributed by atoms with Crippen molar-refractivity contribution in [3.8, 4) is 0 Å². The third kappa shape index (κ3) is 4.46. The largest absolute Gasteiger partial charge is 0.314 e. The van der Waals surface area contributed by atoms with Crippen molar-refractivity contribution in [3.63, 3.8) is 0 Å². The molecule has 0 aliphatic carbocycles. The first-order chi connectivity index (χ1) is 9.29.